The number of nitrogens with one attached hydrogen (secondary N) is 1. The number of ether oxygens (including phenoxy) is 1. The van der Waals surface area contributed by atoms with Crippen LogP contribution in [-0.4, -0.2) is 69.9 Å². The fraction of sp³-hybridized carbons (Fsp3) is 0.611. The standard InChI is InChI=1S/C18H25N5O4/c1-12-11-16(20-13(2)19-12)27-14-3-7-22(8-4-14)17(25)6-10-23-9-5-15(24)21-18(23)26/h11,14H,3-10H2,1-2H3,(H,21,24,26). The van der Waals surface area contributed by atoms with E-state index < -0.39 is 6.03 Å². The summed E-state index contributed by atoms with van der Waals surface area (Å²) in [7, 11) is 0. The van der Waals surface area contributed by atoms with Gasteiger partial charge < -0.3 is 14.5 Å². The molecule has 0 unspecified atom stereocenters. The van der Waals surface area contributed by atoms with E-state index >= 15 is 0 Å². The van der Waals surface area contributed by atoms with Gasteiger partial charge >= 0.3 is 6.03 Å². The van der Waals surface area contributed by atoms with Crippen LogP contribution in [0.25, 0.3) is 0 Å². The highest BCUT2D eigenvalue weighted by Crippen LogP contribution is 2.18. The topological polar surface area (TPSA) is 105 Å². The third-order valence-corrected chi connectivity index (χ3v) is 4.76. The lowest BCUT2D eigenvalue weighted by atomic mass is 10.1. The van der Waals surface area contributed by atoms with E-state index in [4.69, 9.17) is 4.74 Å². The first-order valence-corrected chi connectivity index (χ1v) is 9.26. The Morgan fingerprint density at radius 1 is 1.22 bits per heavy atom. The summed E-state index contributed by atoms with van der Waals surface area (Å²) in [5, 5.41) is 2.27. The third kappa shape index (κ3) is 5.15. The van der Waals surface area contributed by atoms with E-state index in [0.29, 0.717) is 37.9 Å². The molecule has 3 heterocycles. The van der Waals surface area contributed by atoms with Crippen LogP contribution in [0.2, 0.25) is 0 Å². The van der Waals surface area contributed by atoms with Crippen LogP contribution >= 0.6 is 0 Å². The van der Waals surface area contributed by atoms with E-state index in [2.05, 4.69) is 15.3 Å². The van der Waals surface area contributed by atoms with Crippen LogP contribution in [0.5, 0.6) is 5.88 Å². The molecule has 2 aliphatic heterocycles. The Morgan fingerprint density at radius 3 is 2.63 bits per heavy atom. The van der Waals surface area contributed by atoms with Gasteiger partial charge in [0.25, 0.3) is 0 Å². The SMILES string of the molecule is Cc1cc(OC2CCN(C(=O)CCN3CCC(=O)NC3=O)CC2)nc(C)n1. The molecule has 3 rings (SSSR count). The molecule has 0 aromatic carbocycles. The number of rotatable bonds is 5. The van der Waals surface area contributed by atoms with Gasteiger partial charge in [-0.3, -0.25) is 14.9 Å². The molecule has 1 aromatic rings. The molecule has 0 radical (unpaired) electrons. The molecule has 2 fully saturated rings. The van der Waals surface area contributed by atoms with Crippen molar-refractivity contribution in [3.63, 3.8) is 0 Å². The molecular weight excluding hydrogens is 350 g/mol. The lowest BCUT2D eigenvalue weighted by Crippen LogP contribution is -2.50. The highest BCUT2D eigenvalue weighted by atomic mass is 16.5. The fourth-order valence-electron chi connectivity index (χ4n) is 3.34. The average molecular weight is 375 g/mol. The number of nitrogens with zero attached hydrogens (tertiary/aromatic N) is 4. The number of piperidine rings is 1. The van der Waals surface area contributed by atoms with Gasteiger partial charge in [0.2, 0.25) is 17.7 Å². The van der Waals surface area contributed by atoms with Crippen molar-refractivity contribution in [2.24, 2.45) is 0 Å². The van der Waals surface area contributed by atoms with Gasteiger partial charge in [0.05, 0.1) is 0 Å². The van der Waals surface area contributed by atoms with E-state index in [-0.39, 0.29) is 30.8 Å². The molecule has 2 aliphatic rings. The van der Waals surface area contributed by atoms with Crippen LogP contribution in [0.1, 0.15) is 37.2 Å². The van der Waals surface area contributed by atoms with Gasteiger partial charge in [0.1, 0.15) is 11.9 Å². The smallest absolute Gasteiger partial charge is 0.324 e. The zero-order valence-corrected chi connectivity index (χ0v) is 15.7. The summed E-state index contributed by atoms with van der Waals surface area (Å²) >= 11 is 0. The van der Waals surface area contributed by atoms with Crippen molar-refractivity contribution in [1.29, 1.82) is 0 Å². The highest BCUT2D eigenvalue weighted by molar-refractivity contribution is 5.96. The molecule has 0 atom stereocenters. The lowest BCUT2D eigenvalue weighted by Gasteiger charge is -2.33. The molecule has 146 valence electrons. The van der Waals surface area contributed by atoms with Crippen LogP contribution in [0, 0.1) is 13.8 Å². The van der Waals surface area contributed by atoms with Gasteiger partial charge in [0.15, 0.2) is 0 Å². The molecule has 0 bridgehead atoms. The molecule has 27 heavy (non-hydrogen) atoms. The number of carbonyl (C=O) groups excluding carboxylic acids is 3. The number of imide groups is 1. The van der Waals surface area contributed by atoms with Crippen molar-refractivity contribution in [1.82, 2.24) is 25.1 Å². The van der Waals surface area contributed by atoms with Gasteiger partial charge in [-0.1, -0.05) is 0 Å². The molecule has 1 aromatic heterocycles. The molecule has 9 nitrogen and oxygen atoms in total. The second-order valence-corrected chi connectivity index (χ2v) is 6.93. The summed E-state index contributed by atoms with van der Waals surface area (Å²) < 4.78 is 5.94. The first-order valence-electron chi connectivity index (χ1n) is 9.26. The molecule has 0 spiro atoms. The third-order valence-electron chi connectivity index (χ3n) is 4.76. The quantitative estimate of drug-likeness (QED) is 0.816. The van der Waals surface area contributed by atoms with Crippen LogP contribution in [0.4, 0.5) is 4.79 Å². The Morgan fingerprint density at radius 2 is 1.96 bits per heavy atom. The van der Waals surface area contributed by atoms with Crippen LogP contribution in [0.3, 0.4) is 0 Å². The van der Waals surface area contributed by atoms with E-state index in [1.165, 1.54) is 4.90 Å². The predicted octanol–water partition coefficient (Wildman–Crippen LogP) is 0.795. The number of aromatic nitrogens is 2. The average Bonchev–Trinajstić information content (AvgIpc) is 2.60. The van der Waals surface area contributed by atoms with E-state index in [9.17, 15) is 14.4 Å². The zero-order chi connectivity index (χ0) is 19.4. The summed E-state index contributed by atoms with van der Waals surface area (Å²) in [5.74, 6) is 1.02. The maximum atomic E-state index is 12.4. The van der Waals surface area contributed by atoms with Crippen molar-refractivity contribution in [3.8, 4) is 5.88 Å². The Balaban J connectivity index is 1.42. The monoisotopic (exact) mass is 375 g/mol. The van der Waals surface area contributed by atoms with E-state index in [1.807, 2.05) is 24.8 Å². The molecule has 2 saturated heterocycles. The van der Waals surface area contributed by atoms with Crippen molar-refractivity contribution < 1.29 is 19.1 Å². The van der Waals surface area contributed by atoms with Gasteiger partial charge in [0, 0.05) is 63.6 Å². The minimum absolute atomic E-state index is 0.0203. The number of amides is 4. The maximum Gasteiger partial charge on any atom is 0.324 e. The Kier molecular flexibility index (Phi) is 5.88. The number of hydrogen-bond donors (Lipinski definition) is 1. The van der Waals surface area contributed by atoms with Gasteiger partial charge in [-0.15, -0.1) is 0 Å². The summed E-state index contributed by atoms with van der Waals surface area (Å²) in [6, 6.07) is 1.40. The Labute approximate surface area is 158 Å². The number of hydrogen-bond acceptors (Lipinski definition) is 6. The first-order chi connectivity index (χ1) is 12.9. The summed E-state index contributed by atoms with van der Waals surface area (Å²) in [4.78, 5) is 47.1. The normalized spacial score (nSPS) is 18.4. The molecular formula is C18H25N5O4. The highest BCUT2D eigenvalue weighted by Gasteiger charge is 2.27. The van der Waals surface area contributed by atoms with Gasteiger partial charge in [-0.05, 0) is 13.8 Å². The van der Waals surface area contributed by atoms with Crippen LogP contribution in [-0.2, 0) is 9.59 Å². The predicted molar refractivity (Wildman–Crippen MR) is 96.1 cm³/mol. The number of aryl methyl sites for hydroxylation is 2. The Bertz CT molecular complexity index is 710. The van der Waals surface area contributed by atoms with Crippen molar-refractivity contribution in [2.75, 3.05) is 26.2 Å². The number of urea groups is 1. The van der Waals surface area contributed by atoms with Crippen LogP contribution in [0.15, 0.2) is 6.07 Å². The Hall–Kier alpha value is -2.71. The summed E-state index contributed by atoms with van der Waals surface area (Å²) in [5.41, 5.74) is 0.869. The van der Waals surface area contributed by atoms with Gasteiger partial charge in [-0.25, -0.2) is 9.78 Å². The number of likely N-dealkylation sites (tertiary alicyclic amines) is 1. The molecule has 0 saturated carbocycles. The minimum Gasteiger partial charge on any atom is -0.474 e. The molecule has 0 aliphatic carbocycles. The van der Waals surface area contributed by atoms with E-state index in [0.717, 1.165) is 18.5 Å². The van der Waals surface area contributed by atoms with Gasteiger partial charge in [-0.2, -0.15) is 4.98 Å². The second-order valence-electron chi connectivity index (χ2n) is 6.93. The summed E-state index contributed by atoms with van der Waals surface area (Å²) in [6.07, 6.45) is 2.06. The fourth-order valence-corrected chi connectivity index (χ4v) is 3.34. The zero-order valence-electron chi connectivity index (χ0n) is 15.7. The molecule has 9 heteroatoms. The minimum atomic E-state index is -0.415. The maximum absolute atomic E-state index is 12.4. The second kappa shape index (κ2) is 8.32. The van der Waals surface area contributed by atoms with E-state index in [1.54, 1.807) is 0 Å². The number of carbonyl (C=O) groups is 3. The molecule has 1 N–H and O–H groups in total. The largest absolute Gasteiger partial charge is 0.474 e. The van der Waals surface area contributed by atoms with Crippen LogP contribution < -0.4 is 10.1 Å². The lowest BCUT2D eigenvalue weighted by molar-refractivity contribution is -0.133. The van der Waals surface area contributed by atoms with Crippen molar-refractivity contribution in [3.05, 3.63) is 17.6 Å². The van der Waals surface area contributed by atoms with Crippen molar-refractivity contribution >= 4 is 17.8 Å². The summed E-state index contributed by atoms with van der Waals surface area (Å²) in [6.45, 7) is 5.68. The molecule has 4 amide bonds. The first kappa shape index (κ1) is 19.1. The van der Waals surface area contributed by atoms with Crippen molar-refractivity contribution in [2.45, 2.75) is 45.6 Å².